The van der Waals surface area contributed by atoms with Crippen LogP contribution in [-0.2, 0) is 4.79 Å². The minimum absolute atomic E-state index is 0.246. The Morgan fingerprint density at radius 3 is 2.63 bits per heavy atom. The molecule has 19 heavy (non-hydrogen) atoms. The van der Waals surface area contributed by atoms with Gasteiger partial charge in [-0.2, -0.15) is 0 Å². The highest BCUT2D eigenvalue weighted by Crippen LogP contribution is 2.33. The van der Waals surface area contributed by atoms with Crippen molar-refractivity contribution in [1.29, 1.82) is 0 Å². The van der Waals surface area contributed by atoms with E-state index < -0.39 is 0 Å². The molecule has 0 aromatic carbocycles. The van der Waals surface area contributed by atoms with Crippen LogP contribution in [0.25, 0.3) is 0 Å². The Balaban J connectivity index is 2.14. The van der Waals surface area contributed by atoms with Crippen molar-refractivity contribution in [2.45, 2.75) is 90.4 Å². The molecule has 3 heteroatoms. The monoisotopic (exact) mass is 266 g/mol. The van der Waals surface area contributed by atoms with Crippen molar-refractivity contribution in [3.8, 4) is 0 Å². The van der Waals surface area contributed by atoms with Gasteiger partial charge in [0.15, 0.2) is 0 Å². The summed E-state index contributed by atoms with van der Waals surface area (Å²) in [6, 6.07) is 0.461. The molecule has 0 aromatic heterocycles. The highest BCUT2D eigenvalue weighted by atomic mass is 16.2. The van der Waals surface area contributed by atoms with Crippen molar-refractivity contribution < 1.29 is 4.79 Å². The molecule has 3 nitrogen and oxygen atoms in total. The van der Waals surface area contributed by atoms with Gasteiger partial charge in [0.25, 0.3) is 0 Å². The Morgan fingerprint density at radius 1 is 1.26 bits per heavy atom. The molecule has 1 saturated heterocycles. The lowest BCUT2D eigenvalue weighted by Crippen LogP contribution is -2.45. The second-order valence-electron chi connectivity index (χ2n) is 6.73. The molecule has 4 unspecified atom stereocenters. The molecule has 1 amide bonds. The molecule has 2 aliphatic rings. The number of hydrogen-bond acceptors (Lipinski definition) is 2. The zero-order valence-electron chi connectivity index (χ0n) is 13.0. The van der Waals surface area contributed by atoms with Crippen LogP contribution in [-0.4, -0.2) is 28.6 Å². The molecule has 0 spiro atoms. The average Bonchev–Trinajstić information content (AvgIpc) is 2.55. The summed E-state index contributed by atoms with van der Waals surface area (Å²) in [6.07, 6.45) is 8.38. The fourth-order valence-electron chi connectivity index (χ4n) is 3.64. The molecule has 1 saturated carbocycles. The summed E-state index contributed by atoms with van der Waals surface area (Å²) in [4.78, 5) is 15.0. The minimum atomic E-state index is -0.335. The second kappa shape index (κ2) is 5.82. The fraction of sp³-hybridized carbons (Fsp3) is 0.938. The van der Waals surface area contributed by atoms with Crippen LogP contribution in [0, 0.1) is 5.92 Å². The van der Waals surface area contributed by atoms with Crippen molar-refractivity contribution in [3.63, 3.8) is 0 Å². The maximum Gasteiger partial charge on any atom is 0.244 e. The first-order chi connectivity index (χ1) is 9.01. The van der Waals surface area contributed by atoms with Gasteiger partial charge < -0.3 is 4.90 Å². The maximum absolute atomic E-state index is 12.8. The summed E-state index contributed by atoms with van der Waals surface area (Å²) in [5, 5.41) is 3.57. The first kappa shape index (κ1) is 14.8. The van der Waals surface area contributed by atoms with Crippen molar-refractivity contribution in [2.75, 3.05) is 0 Å². The number of carbonyl (C=O) groups is 1. The van der Waals surface area contributed by atoms with Crippen molar-refractivity contribution in [3.05, 3.63) is 0 Å². The van der Waals surface area contributed by atoms with Crippen LogP contribution in [0.1, 0.15) is 72.6 Å². The van der Waals surface area contributed by atoms with Gasteiger partial charge in [0.2, 0.25) is 5.91 Å². The number of nitrogens with zero attached hydrogens (tertiary/aromatic N) is 1. The number of hydrogen-bond donors (Lipinski definition) is 1. The number of nitrogens with one attached hydrogen (secondary N) is 1. The van der Waals surface area contributed by atoms with E-state index in [0.717, 1.165) is 18.8 Å². The van der Waals surface area contributed by atoms with E-state index in [1.165, 1.54) is 32.1 Å². The van der Waals surface area contributed by atoms with Gasteiger partial charge in [-0.15, -0.1) is 0 Å². The van der Waals surface area contributed by atoms with E-state index in [1.807, 2.05) is 0 Å². The summed E-state index contributed by atoms with van der Waals surface area (Å²) >= 11 is 0. The van der Waals surface area contributed by atoms with Crippen molar-refractivity contribution in [2.24, 2.45) is 5.92 Å². The lowest BCUT2D eigenvalue weighted by molar-refractivity contribution is -0.135. The largest absolute Gasteiger partial charge is 0.323 e. The third-order valence-corrected chi connectivity index (χ3v) is 5.24. The molecule has 0 bridgehead atoms. The third kappa shape index (κ3) is 2.81. The van der Waals surface area contributed by atoms with Gasteiger partial charge >= 0.3 is 0 Å². The molecule has 4 atom stereocenters. The van der Waals surface area contributed by atoms with Gasteiger partial charge in [-0.05, 0) is 44.9 Å². The second-order valence-corrected chi connectivity index (χ2v) is 6.73. The molecular formula is C16H30N2O. The van der Waals surface area contributed by atoms with E-state index in [-0.39, 0.29) is 11.7 Å². The summed E-state index contributed by atoms with van der Waals surface area (Å²) in [6.45, 7) is 8.70. The minimum Gasteiger partial charge on any atom is -0.323 e. The van der Waals surface area contributed by atoms with E-state index in [9.17, 15) is 4.79 Å². The van der Waals surface area contributed by atoms with Gasteiger partial charge in [0.1, 0.15) is 0 Å². The van der Waals surface area contributed by atoms with Crippen LogP contribution in [0.5, 0.6) is 0 Å². The van der Waals surface area contributed by atoms with Gasteiger partial charge in [-0.25, -0.2) is 0 Å². The molecular weight excluding hydrogens is 236 g/mol. The van der Waals surface area contributed by atoms with E-state index in [0.29, 0.717) is 11.9 Å². The summed E-state index contributed by atoms with van der Waals surface area (Å²) in [5.74, 6) is 1.16. The number of amides is 1. The Kier molecular flexibility index (Phi) is 4.54. The zero-order chi connectivity index (χ0) is 14.0. The molecule has 110 valence electrons. The van der Waals surface area contributed by atoms with E-state index >= 15 is 0 Å². The molecule has 1 aliphatic heterocycles. The van der Waals surface area contributed by atoms with Crippen LogP contribution in [0.4, 0.5) is 0 Å². The first-order valence-corrected chi connectivity index (χ1v) is 8.12. The molecule has 0 aromatic rings. The normalized spacial score (nSPS) is 40.5. The lowest BCUT2D eigenvalue weighted by Gasteiger charge is -2.32. The number of carbonyl (C=O) groups excluding carboxylic acids is 1. The fourth-order valence-corrected chi connectivity index (χ4v) is 3.64. The van der Waals surface area contributed by atoms with E-state index in [4.69, 9.17) is 0 Å². The average molecular weight is 266 g/mol. The lowest BCUT2D eigenvalue weighted by atomic mass is 9.98. The van der Waals surface area contributed by atoms with Crippen LogP contribution in [0.15, 0.2) is 0 Å². The first-order valence-electron chi connectivity index (χ1n) is 8.12. The van der Waals surface area contributed by atoms with Gasteiger partial charge in [-0.3, -0.25) is 10.1 Å². The van der Waals surface area contributed by atoms with Gasteiger partial charge in [0.05, 0.1) is 11.7 Å². The molecule has 0 radical (unpaired) electrons. The van der Waals surface area contributed by atoms with Crippen LogP contribution in [0.3, 0.4) is 0 Å². The van der Waals surface area contributed by atoms with Crippen molar-refractivity contribution >= 4 is 5.91 Å². The Bertz CT molecular complexity index is 331. The van der Waals surface area contributed by atoms with E-state index in [2.05, 4.69) is 37.9 Å². The molecule has 2 fully saturated rings. The smallest absolute Gasteiger partial charge is 0.244 e. The highest BCUT2D eigenvalue weighted by Gasteiger charge is 2.48. The molecule has 2 rings (SSSR count). The maximum atomic E-state index is 12.8. The Morgan fingerprint density at radius 2 is 2.00 bits per heavy atom. The quantitative estimate of drug-likeness (QED) is 0.795. The van der Waals surface area contributed by atoms with Gasteiger partial charge in [0, 0.05) is 6.04 Å². The van der Waals surface area contributed by atoms with Crippen LogP contribution >= 0.6 is 0 Å². The van der Waals surface area contributed by atoms with E-state index in [1.54, 1.807) is 0 Å². The molecule has 1 N–H and O–H groups in total. The van der Waals surface area contributed by atoms with Crippen molar-refractivity contribution in [1.82, 2.24) is 10.2 Å². The topological polar surface area (TPSA) is 32.3 Å². The number of rotatable bonds is 3. The summed E-state index contributed by atoms with van der Waals surface area (Å²) in [7, 11) is 0. The predicted molar refractivity (Wildman–Crippen MR) is 78.8 cm³/mol. The Hall–Kier alpha value is -0.570. The van der Waals surface area contributed by atoms with Crippen LogP contribution < -0.4 is 5.32 Å². The SMILES string of the molecule is CCC1NC(C)(CC)C(=O)N1C1CCCC(C)CC1. The van der Waals surface area contributed by atoms with Crippen LogP contribution in [0.2, 0.25) is 0 Å². The Labute approximate surface area is 118 Å². The summed E-state index contributed by atoms with van der Waals surface area (Å²) < 4.78 is 0. The third-order valence-electron chi connectivity index (χ3n) is 5.24. The summed E-state index contributed by atoms with van der Waals surface area (Å²) in [5.41, 5.74) is -0.335. The molecule has 1 aliphatic carbocycles. The predicted octanol–water partition coefficient (Wildman–Crippen LogP) is 3.29. The molecule has 1 heterocycles. The highest BCUT2D eigenvalue weighted by molar-refractivity contribution is 5.88. The van der Waals surface area contributed by atoms with Gasteiger partial charge in [-0.1, -0.05) is 33.6 Å². The zero-order valence-corrected chi connectivity index (χ0v) is 13.0. The standard InChI is InChI=1S/C16H30N2O/c1-5-14-17-16(4,6-2)15(19)18(14)13-9-7-8-12(3)10-11-13/h12-14,17H,5-11H2,1-4H3.